The Labute approximate surface area is 174 Å². The number of ketones is 1. The molecule has 0 spiro atoms. The summed E-state index contributed by atoms with van der Waals surface area (Å²) in [6.45, 7) is -0.392. The number of Topliss-reactive ketones (excluding diaryl/α,β-unsaturated/α-hetero) is 1. The molecule has 0 aliphatic carbocycles. The first-order valence-electron chi connectivity index (χ1n) is 9.08. The summed E-state index contributed by atoms with van der Waals surface area (Å²) < 4.78 is 26.1. The number of methoxy groups -OCH3 is 4. The molecule has 0 saturated heterocycles. The topological polar surface area (TPSA) is 80.3 Å². The summed E-state index contributed by atoms with van der Waals surface area (Å²) in [5.74, 6) is 0.753. The molecule has 0 atom stereocenters. The lowest BCUT2D eigenvalue weighted by atomic mass is 10.0. The van der Waals surface area contributed by atoms with Crippen molar-refractivity contribution < 1.29 is 33.3 Å². The minimum absolute atomic E-state index is 0.183. The summed E-state index contributed by atoms with van der Waals surface area (Å²) in [6, 6.07) is 13.8. The fourth-order valence-corrected chi connectivity index (χ4v) is 3.02. The Bertz CT molecular complexity index is 1060. The molecule has 0 amide bonds. The van der Waals surface area contributed by atoms with Crippen molar-refractivity contribution >= 4 is 22.5 Å². The van der Waals surface area contributed by atoms with Crippen LogP contribution in [0.3, 0.4) is 0 Å². The van der Waals surface area contributed by atoms with E-state index in [4.69, 9.17) is 23.7 Å². The van der Waals surface area contributed by atoms with E-state index in [-0.39, 0.29) is 11.3 Å². The van der Waals surface area contributed by atoms with E-state index in [9.17, 15) is 9.59 Å². The summed E-state index contributed by atoms with van der Waals surface area (Å²) in [5, 5.41) is 1.83. The van der Waals surface area contributed by atoms with Gasteiger partial charge in [-0.05, 0) is 41.1 Å². The summed E-state index contributed by atoms with van der Waals surface area (Å²) in [4.78, 5) is 25.0. The highest BCUT2D eigenvalue weighted by atomic mass is 16.5. The van der Waals surface area contributed by atoms with Crippen LogP contribution in [0.5, 0.6) is 23.0 Å². The lowest BCUT2D eigenvalue weighted by Crippen LogP contribution is -2.14. The minimum Gasteiger partial charge on any atom is -0.497 e. The van der Waals surface area contributed by atoms with Gasteiger partial charge in [-0.1, -0.05) is 18.2 Å². The van der Waals surface area contributed by atoms with Gasteiger partial charge in [0.05, 0.1) is 34.0 Å². The molecule has 0 N–H and O–H groups in total. The number of benzene rings is 3. The zero-order valence-electron chi connectivity index (χ0n) is 17.2. The molecule has 7 heteroatoms. The average molecular weight is 410 g/mol. The Hall–Kier alpha value is -3.74. The van der Waals surface area contributed by atoms with E-state index in [2.05, 4.69) is 0 Å². The first-order chi connectivity index (χ1) is 14.5. The Kier molecular flexibility index (Phi) is 6.41. The van der Waals surface area contributed by atoms with Crippen LogP contribution in [0.1, 0.15) is 20.7 Å². The molecule has 156 valence electrons. The second-order valence-corrected chi connectivity index (χ2v) is 6.34. The van der Waals surface area contributed by atoms with E-state index in [0.717, 1.165) is 16.5 Å². The zero-order chi connectivity index (χ0) is 21.7. The zero-order valence-corrected chi connectivity index (χ0v) is 17.2. The van der Waals surface area contributed by atoms with Crippen LogP contribution in [-0.2, 0) is 4.74 Å². The van der Waals surface area contributed by atoms with Gasteiger partial charge < -0.3 is 23.7 Å². The number of hydrogen-bond donors (Lipinski definition) is 0. The van der Waals surface area contributed by atoms with Gasteiger partial charge in [0.15, 0.2) is 23.9 Å². The molecule has 0 aromatic heterocycles. The molecule has 0 radical (unpaired) electrons. The molecule has 30 heavy (non-hydrogen) atoms. The highest BCUT2D eigenvalue weighted by Crippen LogP contribution is 2.38. The fraction of sp³-hybridized carbons (Fsp3) is 0.217. The van der Waals surface area contributed by atoms with Gasteiger partial charge in [-0.3, -0.25) is 4.79 Å². The summed E-state index contributed by atoms with van der Waals surface area (Å²) >= 11 is 0. The van der Waals surface area contributed by atoms with Crippen molar-refractivity contribution in [3.63, 3.8) is 0 Å². The maximum absolute atomic E-state index is 12.5. The molecular formula is C23H22O7. The first-order valence-corrected chi connectivity index (χ1v) is 9.08. The predicted molar refractivity (Wildman–Crippen MR) is 111 cm³/mol. The fourth-order valence-electron chi connectivity index (χ4n) is 3.02. The van der Waals surface area contributed by atoms with Crippen molar-refractivity contribution in [2.75, 3.05) is 35.0 Å². The van der Waals surface area contributed by atoms with Gasteiger partial charge in [0, 0.05) is 5.56 Å². The van der Waals surface area contributed by atoms with Gasteiger partial charge in [-0.15, -0.1) is 0 Å². The number of carbonyl (C=O) groups is 2. The Morgan fingerprint density at radius 2 is 1.33 bits per heavy atom. The number of esters is 1. The van der Waals surface area contributed by atoms with Crippen molar-refractivity contribution in [3.05, 3.63) is 59.7 Å². The minimum atomic E-state index is -0.673. The van der Waals surface area contributed by atoms with Crippen molar-refractivity contribution in [2.45, 2.75) is 0 Å². The van der Waals surface area contributed by atoms with E-state index in [0.29, 0.717) is 22.8 Å². The monoisotopic (exact) mass is 410 g/mol. The molecule has 0 heterocycles. The van der Waals surface area contributed by atoms with E-state index >= 15 is 0 Å². The largest absolute Gasteiger partial charge is 0.497 e. The second-order valence-electron chi connectivity index (χ2n) is 6.34. The molecule has 7 nitrogen and oxygen atoms in total. The number of rotatable bonds is 8. The van der Waals surface area contributed by atoms with E-state index < -0.39 is 12.6 Å². The average Bonchev–Trinajstić information content (AvgIpc) is 2.80. The van der Waals surface area contributed by atoms with Crippen LogP contribution in [0.4, 0.5) is 0 Å². The highest BCUT2D eigenvalue weighted by Gasteiger charge is 2.19. The van der Waals surface area contributed by atoms with Gasteiger partial charge >= 0.3 is 5.97 Å². The highest BCUT2D eigenvalue weighted by molar-refractivity contribution is 6.02. The maximum atomic E-state index is 12.5. The third kappa shape index (κ3) is 4.30. The van der Waals surface area contributed by atoms with Gasteiger partial charge in [-0.2, -0.15) is 0 Å². The Balaban J connectivity index is 1.74. The van der Waals surface area contributed by atoms with Crippen LogP contribution in [0.15, 0.2) is 48.5 Å². The smallest absolute Gasteiger partial charge is 0.338 e. The van der Waals surface area contributed by atoms with Crippen molar-refractivity contribution in [1.82, 2.24) is 0 Å². The SMILES string of the molecule is COc1ccc2cc(C(=O)COC(=O)c3cc(OC)c(OC)c(OC)c3)ccc2c1. The van der Waals surface area contributed by atoms with E-state index in [1.165, 1.54) is 33.5 Å². The van der Waals surface area contributed by atoms with E-state index in [1.54, 1.807) is 19.2 Å². The van der Waals surface area contributed by atoms with Crippen molar-refractivity contribution in [3.8, 4) is 23.0 Å². The van der Waals surface area contributed by atoms with Crippen LogP contribution in [-0.4, -0.2) is 46.8 Å². The molecule has 0 bridgehead atoms. The molecular weight excluding hydrogens is 388 g/mol. The van der Waals surface area contributed by atoms with Crippen LogP contribution < -0.4 is 18.9 Å². The Morgan fingerprint density at radius 1 is 0.700 bits per heavy atom. The molecule has 3 rings (SSSR count). The second kappa shape index (κ2) is 9.17. The number of hydrogen-bond acceptors (Lipinski definition) is 7. The first kappa shape index (κ1) is 21.0. The van der Waals surface area contributed by atoms with Gasteiger partial charge in [0.2, 0.25) is 5.75 Å². The van der Waals surface area contributed by atoms with Crippen molar-refractivity contribution in [2.24, 2.45) is 0 Å². The van der Waals surface area contributed by atoms with E-state index in [1.807, 2.05) is 24.3 Å². The summed E-state index contributed by atoms with van der Waals surface area (Å²) in [6.07, 6.45) is 0. The standard InChI is InChI=1S/C23H22O7/c1-26-18-8-7-14-9-16(6-5-15(14)10-18)19(24)13-30-23(25)17-11-20(27-2)22(29-4)21(12-17)28-3/h5-12H,13H2,1-4H3. The lowest BCUT2D eigenvalue weighted by Gasteiger charge is -2.13. The lowest BCUT2D eigenvalue weighted by molar-refractivity contribution is 0.0474. The molecule has 0 aliphatic heterocycles. The van der Waals surface area contributed by atoms with Gasteiger partial charge in [-0.25, -0.2) is 4.79 Å². The third-order valence-electron chi connectivity index (χ3n) is 4.60. The van der Waals surface area contributed by atoms with Crippen LogP contribution in [0, 0.1) is 0 Å². The number of fused-ring (bicyclic) bond motifs is 1. The maximum Gasteiger partial charge on any atom is 0.338 e. The quantitative estimate of drug-likeness (QED) is 0.411. The molecule has 3 aromatic carbocycles. The molecule has 0 fully saturated rings. The van der Waals surface area contributed by atoms with Gasteiger partial charge in [0.1, 0.15) is 5.75 Å². The van der Waals surface area contributed by atoms with Crippen LogP contribution >= 0.6 is 0 Å². The summed E-state index contributed by atoms with van der Waals surface area (Å²) in [7, 11) is 5.97. The molecule has 0 unspecified atom stereocenters. The summed E-state index contributed by atoms with van der Waals surface area (Å²) in [5.41, 5.74) is 0.633. The normalized spacial score (nSPS) is 10.4. The van der Waals surface area contributed by atoms with Crippen LogP contribution in [0.2, 0.25) is 0 Å². The van der Waals surface area contributed by atoms with Crippen molar-refractivity contribution in [1.29, 1.82) is 0 Å². The third-order valence-corrected chi connectivity index (χ3v) is 4.60. The number of carbonyl (C=O) groups excluding carboxylic acids is 2. The van der Waals surface area contributed by atoms with Crippen LogP contribution in [0.25, 0.3) is 10.8 Å². The molecule has 0 aliphatic rings. The van der Waals surface area contributed by atoms with Gasteiger partial charge in [0.25, 0.3) is 0 Å². The predicted octanol–water partition coefficient (Wildman–Crippen LogP) is 3.91. The number of ether oxygens (including phenoxy) is 5. The Morgan fingerprint density at radius 3 is 1.93 bits per heavy atom. The molecule has 0 saturated carbocycles. The molecule has 3 aromatic rings.